The molecule has 0 amide bonds. The van der Waals surface area contributed by atoms with Gasteiger partial charge in [-0.25, -0.2) is 0 Å². The number of benzene rings is 8. The van der Waals surface area contributed by atoms with E-state index >= 15 is 0 Å². The predicted octanol–water partition coefficient (Wildman–Crippen LogP) is 16.1. The van der Waals surface area contributed by atoms with Crippen molar-refractivity contribution in [3.05, 3.63) is 174 Å². The number of hydrogen-bond donors (Lipinski definition) is 0. The lowest BCUT2D eigenvalue weighted by atomic mass is 9.82. The average molecular weight is 750 g/mol. The second-order valence-electron chi connectivity index (χ2n) is 17.1. The molecule has 1 fully saturated rings. The Balaban J connectivity index is 1.17. The highest BCUT2D eigenvalue weighted by molar-refractivity contribution is 6.13. The summed E-state index contributed by atoms with van der Waals surface area (Å²) in [6.45, 7) is 4.71. The van der Waals surface area contributed by atoms with Crippen molar-refractivity contribution in [1.82, 2.24) is 0 Å². The van der Waals surface area contributed by atoms with Crippen LogP contribution in [0.25, 0.3) is 76.9 Å². The first kappa shape index (κ1) is 33.5. The van der Waals surface area contributed by atoms with Gasteiger partial charge >= 0.3 is 0 Å². The first-order valence-corrected chi connectivity index (χ1v) is 20.9. The fraction of sp³-hybridized carbons (Fsp3) is 0.164. The molecule has 1 saturated carbocycles. The van der Waals surface area contributed by atoms with Crippen LogP contribution in [-0.2, 0) is 5.41 Å². The van der Waals surface area contributed by atoms with Crippen LogP contribution in [-0.4, -0.2) is 0 Å². The molecule has 58 heavy (non-hydrogen) atoms. The van der Waals surface area contributed by atoms with E-state index in [0.29, 0.717) is 5.92 Å². The van der Waals surface area contributed by atoms with Crippen LogP contribution in [0.4, 0.5) is 17.1 Å². The minimum Gasteiger partial charge on any atom is -0.456 e. The van der Waals surface area contributed by atoms with Crippen molar-refractivity contribution in [3.8, 4) is 22.3 Å². The highest BCUT2D eigenvalue weighted by Gasteiger charge is 2.36. The van der Waals surface area contributed by atoms with Crippen molar-refractivity contribution >= 4 is 71.7 Å². The van der Waals surface area contributed by atoms with E-state index in [1.165, 1.54) is 81.5 Å². The number of anilines is 3. The van der Waals surface area contributed by atoms with E-state index in [0.717, 1.165) is 61.3 Å². The van der Waals surface area contributed by atoms with Crippen LogP contribution in [0.2, 0.25) is 0 Å². The van der Waals surface area contributed by atoms with Gasteiger partial charge in [-0.1, -0.05) is 136 Å². The molecule has 3 heteroatoms. The molecule has 0 radical (unpaired) electrons. The predicted molar refractivity (Wildman–Crippen MR) is 242 cm³/mol. The molecule has 2 aliphatic carbocycles. The van der Waals surface area contributed by atoms with Crippen molar-refractivity contribution in [2.75, 3.05) is 4.90 Å². The van der Waals surface area contributed by atoms with E-state index in [9.17, 15) is 0 Å². The van der Waals surface area contributed by atoms with Crippen molar-refractivity contribution in [2.24, 2.45) is 0 Å². The molecule has 280 valence electrons. The van der Waals surface area contributed by atoms with Crippen LogP contribution in [0, 0.1) is 0 Å². The van der Waals surface area contributed by atoms with Crippen molar-refractivity contribution < 1.29 is 8.83 Å². The summed E-state index contributed by atoms with van der Waals surface area (Å²) >= 11 is 0. The standard InChI is InChI=1S/C55H43NO2/c1-55(2)46-21-11-8-18-40(46)45-33-38(25-28-47(45)55)56(48-29-27-39(34-14-4-3-5-15-34)53-43-20-10-13-23-51(43)58-54(48)53)49-31-36-17-7-6-16-35(36)30-44(49)37-24-26-42-41-19-9-12-22-50(41)57-52(42)32-37/h6-13,16-34H,3-5,14-15H2,1-2H3. The molecule has 12 rings (SSSR count). The molecule has 0 saturated heterocycles. The molecular formula is C55H43NO2. The minimum absolute atomic E-state index is 0.0982. The zero-order valence-corrected chi connectivity index (χ0v) is 32.9. The van der Waals surface area contributed by atoms with Crippen molar-refractivity contribution in [3.63, 3.8) is 0 Å². The summed E-state index contributed by atoms with van der Waals surface area (Å²) in [5, 5.41) is 7.08. The Kier molecular flexibility index (Phi) is 7.35. The monoisotopic (exact) mass is 749 g/mol. The fourth-order valence-corrected chi connectivity index (χ4v) is 10.6. The van der Waals surface area contributed by atoms with Gasteiger partial charge < -0.3 is 13.7 Å². The quantitative estimate of drug-likeness (QED) is 0.175. The zero-order chi connectivity index (χ0) is 38.5. The Bertz CT molecular complexity index is 3260. The molecule has 0 spiro atoms. The maximum absolute atomic E-state index is 7.09. The Morgan fingerprint density at radius 2 is 1.19 bits per heavy atom. The van der Waals surface area contributed by atoms with Crippen LogP contribution in [0.5, 0.6) is 0 Å². The van der Waals surface area contributed by atoms with Gasteiger partial charge in [0.1, 0.15) is 16.7 Å². The summed E-state index contributed by atoms with van der Waals surface area (Å²) in [5.74, 6) is 0.519. The number of fused-ring (bicyclic) bond motifs is 10. The Morgan fingerprint density at radius 1 is 0.500 bits per heavy atom. The number of hydrogen-bond acceptors (Lipinski definition) is 3. The van der Waals surface area contributed by atoms with Crippen LogP contribution in [0.3, 0.4) is 0 Å². The van der Waals surface area contributed by atoms with Crippen LogP contribution >= 0.6 is 0 Å². The molecule has 0 atom stereocenters. The highest BCUT2D eigenvalue weighted by Crippen LogP contribution is 2.53. The fourth-order valence-electron chi connectivity index (χ4n) is 10.6. The zero-order valence-electron chi connectivity index (χ0n) is 32.9. The summed E-state index contributed by atoms with van der Waals surface area (Å²) in [6, 6.07) is 58.0. The van der Waals surface area contributed by atoms with Crippen molar-refractivity contribution in [1.29, 1.82) is 0 Å². The Hall–Kier alpha value is -6.58. The van der Waals surface area contributed by atoms with Gasteiger partial charge in [-0.05, 0) is 118 Å². The number of rotatable bonds is 5. The number of furan rings is 2. The lowest BCUT2D eigenvalue weighted by molar-refractivity contribution is 0.445. The summed E-state index contributed by atoms with van der Waals surface area (Å²) in [7, 11) is 0. The maximum Gasteiger partial charge on any atom is 0.159 e. The number of nitrogens with zero attached hydrogens (tertiary/aromatic N) is 1. The second-order valence-corrected chi connectivity index (χ2v) is 17.1. The lowest BCUT2D eigenvalue weighted by Gasteiger charge is -2.30. The molecule has 0 unspecified atom stereocenters. The molecule has 2 aromatic heterocycles. The minimum atomic E-state index is -0.0982. The third-order valence-corrected chi connectivity index (χ3v) is 13.4. The van der Waals surface area contributed by atoms with Gasteiger partial charge in [-0.2, -0.15) is 0 Å². The second kappa shape index (κ2) is 12.7. The smallest absolute Gasteiger partial charge is 0.159 e. The molecular weight excluding hydrogens is 707 g/mol. The Labute approximate surface area is 338 Å². The van der Waals surface area contributed by atoms with E-state index in [-0.39, 0.29) is 5.41 Å². The highest BCUT2D eigenvalue weighted by atomic mass is 16.3. The average Bonchev–Trinajstić information content (AvgIpc) is 3.92. The molecule has 0 aliphatic heterocycles. The van der Waals surface area contributed by atoms with Crippen LogP contribution in [0.15, 0.2) is 167 Å². The largest absolute Gasteiger partial charge is 0.456 e. The van der Waals surface area contributed by atoms with E-state index in [1.54, 1.807) is 0 Å². The molecule has 0 bridgehead atoms. The molecule has 8 aromatic carbocycles. The first-order chi connectivity index (χ1) is 28.5. The molecule has 10 aromatic rings. The number of para-hydroxylation sites is 2. The van der Waals surface area contributed by atoms with E-state index in [4.69, 9.17) is 8.83 Å². The summed E-state index contributed by atoms with van der Waals surface area (Å²) in [4.78, 5) is 2.48. The van der Waals surface area contributed by atoms with E-state index in [1.807, 2.05) is 6.07 Å². The summed E-state index contributed by atoms with van der Waals surface area (Å²) < 4.78 is 13.6. The molecule has 3 nitrogen and oxygen atoms in total. The van der Waals surface area contributed by atoms with E-state index in [2.05, 4.69) is 170 Å². The van der Waals surface area contributed by atoms with Gasteiger partial charge in [0.15, 0.2) is 5.58 Å². The first-order valence-electron chi connectivity index (χ1n) is 20.9. The molecule has 2 heterocycles. The topological polar surface area (TPSA) is 29.5 Å². The summed E-state index contributed by atoms with van der Waals surface area (Å²) in [5.41, 5.74) is 15.8. The van der Waals surface area contributed by atoms with Gasteiger partial charge in [-0.15, -0.1) is 0 Å². The van der Waals surface area contributed by atoms with E-state index < -0.39 is 0 Å². The van der Waals surface area contributed by atoms with Gasteiger partial charge in [0.05, 0.1) is 11.4 Å². The SMILES string of the molecule is CC1(C)c2ccccc2-c2cc(N(c3cc4ccccc4cc3-c3ccc4c(c3)oc3ccccc34)c3ccc(C4CCCCC4)c4c3oc3ccccc34)ccc21. The van der Waals surface area contributed by atoms with Gasteiger partial charge in [0.2, 0.25) is 0 Å². The van der Waals surface area contributed by atoms with Crippen LogP contribution < -0.4 is 4.90 Å². The van der Waals surface area contributed by atoms with Gasteiger partial charge in [-0.3, -0.25) is 0 Å². The Morgan fingerprint density at radius 3 is 2.03 bits per heavy atom. The molecule has 2 aliphatic rings. The van der Waals surface area contributed by atoms with Gasteiger partial charge in [0.25, 0.3) is 0 Å². The normalized spacial score (nSPS) is 15.1. The molecule has 0 N–H and O–H groups in total. The van der Waals surface area contributed by atoms with Gasteiger partial charge in [0, 0.05) is 38.2 Å². The summed E-state index contributed by atoms with van der Waals surface area (Å²) in [6.07, 6.45) is 6.31. The van der Waals surface area contributed by atoms with Crippen LogP contribution in [0.1, 0.15) is 68.6 Å². The third kappa shape index (κ3) is 4.99. The third-order valence-electron chi connectivity index (χ3n) is 13.4. The lowest BCUT2D eigenvalue weighted by Crippen LogP contribution is -2.16. The van der Waals surface area contributed by atoms with Crippen molar-refractivity contribution in [2.45, 2.75) is 57.3 Å². The maximum atomic E-state index is 7.09.